The summed E-state index contributed by atoms with van der Waals surface area (Å²) in [6, 6.07) is 4.68. The smallest absolute Gasteiger partial charge is 0.227 e. The first kappa shape index (κ1) is 19.1. The summed E-state index contributed by atoms with van der Waals surface area (Å²) >= 11 is 5.38. The molecule has 2 aliphatic heterocycles. The molecule has 2 aliphatic rings. The zero-order valence-corrected chi connectivity index (χ0v) is 18.1. The molecule has 2 fully saturated rings. The third-order valence-corrected chi connectivity index (χ3v) is 6.99. The number of nitrogens with zero attached hydrogens (tertiary/aromatic N) is 5. The monoisotopic (exact) mass is 451 g/mol. The van der Waals surface area contributed by atoms with Crippen molar-refractivity contribution in [2.45, 2.75) is 25.4 Å². The molecule has 0 N–H and O–H groups in total. The predicted octanol–water partition coefficient (Wildman–Crippen LogP) is 3.24. The van der Waals surface area contributed by atoms with Gasteiger partial charge >= 0.3 is 0 Å². The van der Waals surface area contributed by atoms with Gasteiger partial charge in [0.2, 0.25) is 5.95 Å². The molecule has 0 radical (unpaired) electrons. The second-order valence-corrected chi connectivity index (χ2v) is 9.10. The SMILES string of the molecule is CN(c1nccc(N2CCOCC2)n1)C1CCCN(Cc2cc(Br)cs2)C1. The summed E-state index contributed by atoms with van der Waals surface area (Å²) in [5.74, 6) is 1.83. The highest BCUT2D eigenvalue weighted by atomic mass is 79.9. The van der Waals surface area contributed by atoms with Gasteiger partial charge in [-0.3, -0.25) is 4.90 Å². The van der Waals surface area contributed by atoms with Gasteiger partial charge in [0.15, 0.2) is 0 Å². The molecule has 8 heteroatoms. The molecule has 0 spiro atoms. The molecule has 146 valence electrons. The van der Waals surface area contributed by atoms with Crippen LogP contribution in [-0.2, 0) is 11.3 Å². The van der Waals surface area contributed by atoms with Crippen LogP contribution in [0.15, 0.2) is 28.2 Å². The van der Waals surface area contributed by atoms with Crippen LogP contribution in [0.2, 0.25) is 0 Å². The first-order valence-corrected chi connectivity index (χ1v) is 11.2. The Morgan fingerprint density at radius 1 is 1.33 bits per heavy atom. The minimum absolute atomic E-state index is 0.446. The molecule has 1 atom stereocenters. The number of halogens is 1. The number of morpholine rings is 1. The summed E-state index contributed by atoms with van der Waals surface area (Å²) in [5.41, 5.74) is 0. The van der Waals surface area contributed by atoms with Gasteiger partial charge in [-0.25, -0.2) is 4.98 Å². The van der Waals surface area contributed by atoms with Crippen molar-refractivity contribution in [3.05, 3.63) is 33.1 Å². The molecule has 2 aromatic heterocycles. The van der Waals surface area contributed by atoms with Crippen molar-refractivity contribution in [1.29, 1.82) is 0 Å². The van der Waals surface area contributed by atoms with Crippen LogP contribution in [0.25, 0.3) is 0 Å². The number of aromatic nitrogens is 2. The highest BCUT2D eigenvalue weighted by molar-refractivity contribution is 9.10. The molecule has 4 heterocycles. The molecule has 1 unspecified atom stereocenters. The summed E-state index contributed by atoms with van der Waals surface area (Å²) in [6.07, 6.45) is 4.28. The molecule has 6 nitrogen and oxygen atoms in total. The second kappa shape index (κ2) is 8.86. The fourth-order valence-electron chi connectivity index (χ4n) is 3.79. The second-order valence-electron chi connectivity index (χ2n) is 7.19. The van der Waals surface area contributed by atoms with Crippen LogP contribution < -0.4 is 9.80 Å². The van der Waals surface area contributed by atoms with Crippen LogP contribution >= 0.6 is 27.3 Å². The number of likely N-dealkylation sites (tertiary alicyclic amines) is 1. The largest absolute Gasteiger partial charge is 0.378 e. The molecular formula is C19H26BrN5OS. The molecule has 0 saturated carbocycles. The van der Waals surface area contributed by atoms with Gasteiger partial charge in [0.25, 0.3) is 0 Å². The number of ether oxygens (including phenoxy) is 1. The number of thiophene rings is 1. The topological polar surface area (TPSA) is 44.7 Å². The normalized spacial score (nSPS) is 21.4. The molecule has 2 saturated heterocycles. The van der Waals surface area contributed by atoms with Gasteiger partial charge in [-0.1, -0.05) is 0 Å². The first-order valence-electron chi connectivity index (χ1n) is 9.53. The van der Waals surface area contributed by atoms with Gasteiger partial charge in [-0.2, -0.15) is 4.98 Å². The molecule has 0 aliphatic carbocycles. The van der Waals surface area contributed by atoms with Crippen molar-refractivity contribution in [1.82, 2.24) is 14.9 Å². The van der Waals surface area contributed by atoms with Crippen molar-refractivity contribution < 1.29 is 4.74 Å². The van der Waals surface area contributed by atoms with E-state index in [1.807, 2.05) is 23.6 Å². The van der Waals surface area contributed by atoms with Crippen LogP contribution in [-0.4, -0.2) is 67.4 Å². The molecule has 0 amide bonds. The number of hydrogen-bond acceptors (Lipinski definition) is 7. The van der Waals surface area contributed by atoms with E-state index in [9.17, 15) is 0 Å². The zero-order chi connectivity index (χ0) is 18.6. The lowest BCUT2D eigenvalue weighted by Gasteiger charge is -2.37. The molecule has 0 bridgehead atoms. The van der Waals surface area contributed by atoms with Crippen molar-refractivity contribution in [2.24, 2.45) is 0 Å². The fraction of sp³-hybridized carbons (Fsp3) is 0.579. The number of likely N-dealkylation sites (N-methyl/N-ethyl adjacent to an activating group) is 1. The van der Waals surface area contributed by atoms with E-state index in [0.29, 0.717) is 6.04 Å². The molecule has 4 rings (SSSR count). The quantitative estimate of drug-likeness (QED) is 0.694. The van der Waals surface area contributed by atoms with Gasteiger partial charge in [0.05, 0.1) is 13.2 Å². The van der Waals surface area contributed by atoms with Crippen LogP contribution in [0.4, 0.5) is 11.8 Å². The highest BCUT2D eigenvalue weighted by Crippen LogP contribution is 2.25. The van der Waals surface area contributed by atoms with Gasteiger partial charge in [-0.15, -0.1) is 11.3 Å². The zero-order valence-electron chi connectivity index (χ0n) is 15.7. The summed E-state index contributed by atoms with van der Waals surface area (Å²) < 4.78 is 6.64. The number of hydrogen-bond donors (Lipinski definition) is 0. The maximum atomic E-state index is 5.45. The summed E-state index contributed by atoms with van der Waals surface area (Å²) in [7, 11) is 2.13. The molecule has 2 aromatic rings. The standard InChI is InChI=1S/C19H26BrN5OS/c1-23(19-21-5-4-18(22-19)25-7-9-26-10-8-25)16-3-2-6-24(12-16)13-17-11-15(20)14-27-17/h4-5,11,14,16H,2-3,6-10,12-13H2,1H3. The Morgan fingerprint density at radius 3 is 2.96 bits per heavy atom. The Balaban J connectivity index is 1.41. The summed E-state index contributed by atoms with van der Waals surface area (Å²) in [4.78, 5) is 17.9. The van der Waals surface area contributed by atoms with Crippen molar-refractivity contribution in [3.63, 3.8) is 0 Å². The van der Waals surface area contributed by atoms with E-state index in [-0.39, 0.29) is 0 Å². The van der Waals surface area contributed by atoms with Crippen molar-refractivity contribution in [2.75, 3.05) is 56.2 Å². The Kier molecular flexibility index (Phi) is 6.27. The van der Waals surface area contributed by atoms with Crippen molar-refractivity contribution in [3.8, 4) is 0 Å². The van der Waals surface area contributed by atoms with Crippen LogP contribution in [0, 0.1) is 0 Å². The third-order valence-electron chi connectivity index (χ3n) is 5.31. The first-order chi connectivity index (χ1) is 13.2. The van der Waals surface area contributed by atoms with Gasteiger partial charge in [0.1, 0.15) is 5.82 Å². The van der Waals surface area contributed by atoms with Gasteiger partial charge in [-0.05, 0) is 47.4 Å². The van der Waals surface area contributed by atoms with E-state index in [4.69, 9.17) is 9.72 Å². The lowest BCUT2D eigenvalue weighted by atomic mass is 10.0. The molecular weight excluding hydrogens is 426 g/mol. The number of anilines is 2. The average molecular weight is 452 g/mol. The van der Waals surface area contributed by atoms with E-state index in [0.717, 1.165) is 57.7 Å². The van der Waals surface area contributed by atoms with Crippen LogP contribution in [0.1, 0.15) is 17.7 Å². The number of rotatable bonds is 5. The maximum absolute atomic E-state index is 5.45. The van der Waals surface area contributed by atoms with E-state index in [2.05, 4.69) is 54.1 Å². The maximum Gasteiger partial charge on any atom is 0.227 e. The van der Waals surface area contributed by atoms with E-state index < -0.39 is 0 Å². The Hall–Kier alpha value is -1.22. The Labute approximate surface area is 173 Å². The third kappa shape index (κ3) is 4.80. The van der Waals surface area contributed by atoms with E-state index >= 15 is 0 Å². The Bertz CT molecular complexity index is 751. The minimum Gasteiger partial charge on any atom is -0.378 e. The predicted molar refractivity (Wildman–Crippen MR) is 114 cm³/mol. The minimum atomic E-state index is 0.446. The molecule has 27 heavy (non-hydrogen) atoms. The van der Waals surface area contributed by atoms with Gasteiger partial charge in [0, 0.05) is 60.2 Å². The van der Waals surface area contributed by atoms with Gasteiger partial charge < -0.3 is 14.5 Å². The Morgan fingerprint density at radius 2 is 2.19 bits per heavy atom. The van der Waals surface area contributed by atoms with E-state index in [1.165, 1.54) is 22.2 Å². The van der Waals surface area contributed by atoms with Crippen molar-refractivity contribution >= 4 is 39.0 Å². The van der Waals surface area contributed by atoms with Crippen LogP contribution in [0.5, 0.6) is 0 Å². The lowest BCUT2D eigenvalue weighted by molar-refractivity contribution is 0.122. The highest BCUT2D eigenvalue weighted by Gasteiger charge is 2.25. The fourth-order valence-corrected chi connectivity index (χ4v) is 5.28. The summed E-state index contributed by atoms with van der Waals surface area (Å²) in [5, 5.41) is 2.16. The summed E-state index contributed by atoms with van der Waals surface area (Å²) in [6.45, 7) is 6.57. The number of piperidine rings is 1. The average Bonchev–Trinajstić information content (AvgIpc) is 3.13. The van der Waals surface area contributed by atoms with E-state index in [1.54, 1.807) is 0 Å². The lowest BCUT2D eigenvalue weighted by Crippen LogP contribution is -2.46. The van der Waals surface area contributed by atoms with Crippen LogP contribution in [0.3, 0.4) is 0 Å². The molecule has 0 aromatic carbocycles.